The van der Waals surface area contributed by atoms with Crippen molar-refractivity contribution in [2.24, 2.45) is 23.2 Å². The largest absolute Gasteiger partial charge is 0.505 e. The fourth-order valence-corrected chi connectivity index (χ4v) is 9.59. The van der Waals surface area contributed by atoms with Gasteiger partial charge in [-0.3, -0.25) is 4.79 Å². The Kier molecular flexibility index (Phi) is 10.8. The number of benzene rings is 1. The van der Waals surface area contributed by atoms with Crippen LogP contribution < -0.4 is 0 Å². The van der Waals surface area contributed by atoms with E-state index in [0.29, 0.717) is 30.6 Å². The third-order valence-electron chi connectivity index (χ3n) is 10.6. The van der Waals surface area contributed by atoms with E-state index in [4.69, 9.17) is 0 Å². The van der Waals surface area contributed by atoms with Crippen molar-refractivity contribution in [3.63, 3.8) is 0 Å². The van der Waals surface area contributed by atoms with Crippen molar-refractivity contribution in [2.75, 3.05) is 31.6 Å². The quantitative estimate of drug-likeness (QED) is 0.167. The number of hydrogen-bond donors (Lipinski definition) is 1. The molecule has 0 spiro atoms. The van der Waals surface area contributed by atoms with E-state index in [-0.39, 0.29) is 35.2 Å². The lowest BCUT2D eigenvalue weighted by Crippen LogP contribution is -2.46. The topological polar surface area (TPSA) is 74.7 Å². The fraction of sp³-hybridized carbons (Fsp3) is 0.781. The molecule has 5 atom stereocenters. The van der Waals surface area contributed by atoms with Crippen LogP contribution in [0.25, 0.3) is 0 Å². The summed E-state index contributed by atoms with van der Waals surface area (Å²) in [5.41, 5.74) is 1.69. The average Bonchev–Trinajstić information content (AvgIpc) is 3.22. The van der Waals surface area contributed by atoms with Crippen LogP contribution in [-0.4, -0.2) is 67.9 Å². The van der Waals surface area contributed by atoms with E-state index in [1.165, 1.54) is 6.07 Å². The van der Waals surface area contributed by atoms with Crippen LogP contribution in [0.5, 0.6) is 5.75 Å². The van der Waals surface area contributed by atoms with Crippen LogP contribution in [0.1, 0.15) is 94.6 Å². The van der Waals surface area contributed by atoms with Crippen molar-refractivity contribution < 1.29 is 44.7 Å². The lowest BCUT2D eigenvalue weighted by Gasteiger charge is -2.51. The second-order valence-electron chi connectivity index (χ2n) is 13.6. The molecule has 3 aliphatic rings. The number of carbonyl (C=O) groups excluding carboxylic acids is 1. The number of phenols is 1. The van der Waals surface area contributed by atoms with Crippen LogP contribution >= 0.6 is 0 Å². The Labute approximate surface area is 256 Å². The Bertz CT molecular complexity index is 1290. The summed E-state index contributed by atoms with van der Waals surface area (Å²) >= 11 is 0. The highest BCUT2D eigenvalue weighted by Crippen LogP contribution is 2.61. The summed E-state index contributed by atoms with van der Waals surface area (Å²) in [5.74, 6) is -5.30. The fourth-order valence-electron chi connectivity index (χ4n) is 8.23. The molecule has 0 aliphatic heterocycles. The van der Waals surface area contributed by atoms with Crippen molar-refractivity contribution in [3.05, 3.63) is 29.1 Å². The molecule has 5 nitrogen and oxygen atoms in total. The molecule has 44 heavy (non-hydrogen) atoms. The first-order valence-electron chi connectivity index (χ1n) is 15.8. The summed E-state index contributed by atoms with van der Waals surface area (Å²) in [4.78, 5) is 14.9. The summed E-state index contributed by atoms with van der Waals surface area (Å²) in [6, 6.07) is 3.08. The van der Waals surface area contributed by atoms with Gasteiger partial charge in [0.05, 0.1) is 11.5 Å². The molecule has 0 aromatic heterocycles. The third-order valence-corrected chi connectivity index (χ3v) is 12.5. The van der Waals surface area contributed by atoms with Crippen LogP contribution in [0.3, 0.4) is 0 Å². The Morgan fingerprint density at radius 3 is 2.39 bits per heavy atom. The highest BCUT2D eigenvalue weighted by molar-refractivity contribution is 7.91. The highest BCUT2D eigenvalue weighted by Gasteiger charge is 2.57. The number of ketones is 1. The molecule has 0 radical (unpaired) electrons. The molecule has 1 aromatic carbocycles. The molecule has 2 saturated carbocycles. The Morgan fingerprint density at radius 1 is 1.00 bits per heavy atom. The minimum absolute atomic E-state index is 0.186. The van der Waals surface area contributed by atoms with E-state index in [1.54, 1.807) is 6.07 Å². The zero-order valence-electron chi connectivity index (χ0n) is 25.6. The van der Waals surface area contributed by atoms with Gasteiger partial charge in [0.1, 0.15) is 15.6 Å². The second-order valence-corrected chi connectivity index (χ2v) is 15.9. The van der Waals surface area contributed by atoms with E-state index >= 15 is 0 Å². The van der Waals surface area contributed by atoms with E-state index < -0.39 is 46.3 Å². The number of Topliss-reactive ketones (excluding diaryl/α,β-unsaturated/α-hetero) is 1. The van der Waals surface area contributed by atoms with Gasteiger partial charge in [-0.05, 0) is 118 Å². The molecule has 0 heterocycles. The maximum atomic E-state index is 14.4. The van der Waals surface area contributed by atoms with E-state index in [0.717, 1.165) is 69.0 Å². The molecule has 1 N–H and O–H groups in total. The number of alkyl halides is 5. The molecule has 0 saturated heterocycles. The van der Waals surface area contributed by atoms with Gasteiger partial charge in [0, 0.05) is 18.3 Å². The molecule has 12 heteroatoms. The van der Waals surface area contributed by atoms with Gasteiger partial charge in [-0.1, -0.05) is 19.8 Å². The third kappa shape index (κ3) is 7.76. The first-order chi connectivity index (χ1) is 20.4. The normalized spacial score (nSPS) is 27.3. The lowest BCUT2D eigenvalue weighted by molar-refractivity contribution is -0.284. The number of hydrogen-bond acceptors (Lipinski definition) is 5. The second kappa shape index (κ2) is 13.5. The monoisotopic (exact) mass is 653 g/mol. The molecule has 0 amide bonds. The maximum Gasteiger partial charge on any atom is 0.453 e. The number of phenolic OH excluding ortho intramolecular Hbond substituents is 1. The van der Waals surface area contributed by atoms with Gasteiger partial charge >= 0.3 is 12.1 Å². The summed E-state index contributed by atoms with van der Waals surface area (Å²) < 4.78 is 101. The van der Waals surface area contributed by atoms with Gasteiger partial charge in [-0.2, -0.15) is 22.0 Å². The van der Waals surface area contributed by atoms with Crippen LogP contribution in [0.2, 0.25) is 0 Å². The van der Waals surface area contributed by atoms with Gasteiger partial charge < -0.3 is 10.0 Å². The Morgan fingerprint density at radius 2 is 1.68 bits per heavy atom. The van der Waals surface area contributed by atoms with Crippen LogP contribution in [0.15, 0.2) is 12.1 Å². The average molecular weight is 654 g/mol. The predicted octanol–water partition coefficient (Wildman–Crippen LogP) is 7.46. The summed E-state index contributed by atoms with van der Waals surface area (Å²) in [5, 5.41) is 10.1. The van der Waals surface area contributed by atoms with Crippen molar-refractivity contribution in [2.45, 2.75) is 102 Å². The molecule has 0 bridgehead atoms. The van der Waals surface area contributed by atoms with Crippen molar-refractivity contribution in [3.8, 4) is 5.75 Å². The lowest BCUT2D eigenvalue weighted by atomic mass is 9.52. The number of sulfone groups is 1. The first-order valence-corrected chi connectivity index (χ1v) is 17.7. The van der Waals surface area contributed by atoms with Crippen LogP contribution in [0.4, 0.5) is 26.3 Å². The molecule has 4 rings (SSSR count). The first kappa shape index (κ1) is 35.0. The summed E-state index contributed by atoms with van der Waals surface area (Å²) in [7, 11) is -1.86. The number of nitrogens with zero attached hydrogens (tertiary/aromatic N) is 1. The number of fused-ring (bicyclic) bond motifs is 5. The summed E-state index contributed by atoms with van der Waals surface area (Å²) in [6.45, 7) is 3.32. The number of halogens is 6. The van der Waals surface area contributed by atoms with Crippen LogP contribution in [0, 0.1) is 29.0 Å². The molecule has 250 valence electrons. The van der Waals surface area contributed by atoms with E-state index in [2.05, 4.69) is 6.92 Å². The zero-order chi connectivity index (χ0) is 32.5. The number of aromatic hydroxyl groups is 1. The number of rotatable bonds is 14. The van der Waals surface area contributed by atoms with Gasteiger partial charge in [-0.25, -0.2) is 12.8 Å². The molecular weight excluding hydrogens is 608 g/mol. The maximum absolute atomic E-state index is 14.4. The molecule has 2 fully saturated rings. The van der Waals surface area contributed by atoms with Crippen molar-refractivity contribution in [1.82, 2.24) is 4.90 Å². The van der Waals surface area contributed by atoms with Gasteiger partial charge in [0.25, 0.3) is 0 Å². The highest BCUT2D eigenvalue weighted by atomic mass is 32.2. The van der Waals surface area contributed by atoms with E-state index in [1.807, 2.05) is 11.9 Å². The predicted molar refractivity (Wildman–Crippen MR) is 156 cm³/mol. The zero-order valence-corrected chi connectivity index (χ0v) is 26.4. The van der Waals surface area contributed by atoms with Crippen LogP contribution in [-0.2, 0) is 21.1 Å². The SMILES string of the molecule is CN(CCCCC[C@@H]1Cc2cc(O)c(F)cc2[C@H]2CC[C@]3(C)C(=O)CC[C@H]3[C@H]12)CCCS(=O)(=O)CCCC(F)(F)C(F)(F)F. The number of unbranched alkanes of at least 4 members (excludes halogenated alkanes) is 2. The number of carbonyl (C=O) groups is 1. The van der Waals surface area contributed by atoms with Gasteiger partial charge in [0.15, 0.2) is 11.6 Å². The smallest absolute Gasteiger partial charge is 0.453 e. The Hall–Kier alpha value is -1.82. The van der Waals surface area contributed by atoms with Crippen molar-refractivity contribution in [1.29, 1.82) is 0 Å². The molecular formula is C32H45F6NO4S. The molecule has 3 aliphatic carbocycles. The standard InChI is InChI=1S/C32H45F6NO4S/c1-30-13-11-23-24-20-26(33)27(40)19-22(24)18-21(29(23)25(30)9-10-28(30)41)8-4-3-5-14-39(2)15-7-17-44(42,43)16-6-12-31(34,35)32(36,37)38/h19-21,23,25,29,40H,3-18H2,1-2H3/t21-,23-,25+,29-,30+/m1/s1. The van der Waals surface area contributed by atoms with Crippen molar-refractivity contribution >= 4 is 15.6 Å². The Balaban J connectivity index is 1.22. The summed E-state index contributed by atoms with van der Waals surface area (Å²) in [6.07, 6.45) is -0.0132. The van der Waals surface area contributed by atoms with Gasteiger partial charge in [-0.15, -0.1) is 0 Å². The molecule has 1 aromatic rings. The minimum Gasteiger partial charge on any atom is -0.505 e. The van der Waals surface area contributed by atoms with E-state index in [9.17, 15) is 44.7 Å². The molecule has 0 unspecified atom stereocenters. The van der Waals surface area contributed by atoms with Gasteiger partial charge in [0.2, 0.25) is 0 Å². The minimum atomic E-state index is -5.68.